The summed E-state index contributed by atoms with van der Waals surface area (Å²) < 4.78 is 10.0. The van der Waals surface area contributed by atoms with Gasteiger partial charge in [-0.1, -0.05) is 11.8 Å². The lowest BCUT2D eigenvalue weighted by Gasteiger charge is -2.07. The highest BCUT2D eigenvalue weighted by Crippen LogP contribution is 2.13. The minimum absolute atomic E-state index is 0.0143. The predicted octanol–water partition coefficient (Wildman–Crippen LogP) is 3.94. The van der Waals surface area contributed by atoms with E-state index in [1.165, 1.54) is 24.6 Å². The number of hydrogen-bond donors (Lipinski definition) is 4. The molecular weight excluding hydrogens is 749 g/mol. The molecule has 0 saturated carbocycles. The Morgan fingerprint density at radius 1 is 0.578 bits per heavy atom. The summed E-state index contributed by atoms with van der Waals surface area (Å²) >= 11 is 12.7. The van der Waals surface area contributed by atoms with Crippen LogP contribution in [0.2, 0.25) is 0 Å². The van der Waals surface area contributed by atoms with Crippen LogP contribution in [-0.2, 0) is 29.0 Å². The lowest BCUT2D eigenvalue weighted by atomic mass is 10.7. The van der Waals surface area contributed by atoms with Crippen LogP contribution in [0.3, 0.4) is 0 Å². The molecule has 0 heterocycles. The number of hydrogen-bond acceptors (Lipinski definition) is 20. The van der Waals surface area contributed by atoms with E-state index in [1.807, 2.05) is 0 Å². The Balaban J connectivity index is 3.25. The zero-order valence-corrected chi connectivity index (χ0v) is 31.4. The largest absolute Gasteiger partial charge is 0.449 e. The Hall–Kier alpha value is 0.120. The van der Waals surface area contributed by atoms with Crippen molar-refractivity contribution in [3.05, 3.63) is 0 Å². The summed E-state index contributed by atoms with van der Waals surface area (Å²) in [5, 5.41) is 25.2. The van der Waals surface area contributed by atoms with Gasteiger partial charge in [-0.25, -0.2) is 9.59 Å². The maximum Gasteiger partial charge on any atom is 0.408 e. The van der Waals surface area contributed by atoms with Crippen molar-refractivity contribution in [1.82, 2.24) is 10.6 Å². The number of carbonyl (C=O) groups excluding carboxylic acids is 2. The predicted molar refractivity (Wildman–Crippen MR) is 198 cm³/mol. The van der Waals surface area contributed by atoms with E-state index in [4.69, 9.17) is 39.2 Å². The normalized spacial score (nSPS) is 11.2. The Kier molecular flexibility index (Phi) is 40.4. The number of rotatable bonds is 34. The van der Waals surface area contributed by atoms with E-state index in [1.54, 1.807) is 70.6 Å². The molecule has 0 aliphatic rings. The van der Waals surface area contributed by atoms with E-state index in [-0.39, 0.29) is 23.8 Å². The molecule has 0 aliphatic carbocycles. The van der Waals surface area contributed by atoms with Crippen LogP contribution in [0.25, 0.3) is 0 Å². The van der Waals surface area contributed by atoms with Gasteiger partial charge in [0.25, 0.3) is 0 Å². The number of nitrogens with zero attached hydrogens (tertiary/aromatic N) is 2. The average molecular weight is 793 g/mol. The first kappa shape index (κ1) is 45.1. The Morgan fingerprint density at radius 2 is 1.07 bits per heavy atom. The summed E-state index contributed by atoms with van der Waals surface area (Å²) in [5.41, 5.74) is 0. The Morgan fingerprint density at radius 3 is 1.67 bits per heavy atom. The second-order valence-electron chi connectivity index (χ2n) is 7.28. The first-order valence-corrected chi connectivity index (χ1v) is 22.6. The lowest BCUT2D eigenvalue weighted by Crippen LogP contribution is -2.27. The number of ether oxygens (including phenoxy) is 2. The third-order valence-corrected chi connectivity index (χ3v) is 11.7. The molecule has 0 bridgehead atoms. The van der Waals surface area contributed by atoms with Crippen LogP contribution in [0, 0.1) is 0 Å². The number of amides is 2. The molecule has 0 saturated heterocycles. The van der Waals surface area contributed by atoms with Crippen molar-refractivity contribution in [3.8, 4) is 0 Å². The third-order valence-electron chi connectivity index (χ3n) is 3.99. The number of aliphatic imine (C=N–C) groups is 2. The fourth-order valence-corrected chi connectivity index (χ4v) is 8.16. The van der Waals surface area contributed by atoms with Crippen LogP contribution < -0.4 is 10.6 Å². The van der Waals surface area contributed by atoms with Gasteiger partial charge < -0.3 is 40.1 Å². The first-order chi connectivity index (χ1) is 22.2. The van der Waals surface area contributed by atoms with Gasteiger partial charge in [-0.2, -0.15) is 9.78 Å². The summed E-state index contributed by atoms with van der Waals surface area (Å²) in [6.45, 7) is 3.15. The average Bonchev–Trinajstić information content (AvgIpc) is 3.04. The molecule has 0 aromatic heterocycles. The maximum atomic E-state index is 11.7. The smallest absolute Gasteiger partial charge is 0.408 e. The second kappa shape index (κ2) is 40.3. The van der Waals surface area contributed by atoms with Crippen molar-refractivity contribution in [2.45, 2.75) is 0 Å². The van der Waals surface area contributed by atoms with Crippen molar-refractivity contribution < 1.29 is 48.8 Å². The molecule has 22 heteroatoms. The molecule has 0 aromatic carbocycles. The van der Waals surface area contributed by atoms with Crippen molar-refractivity contribution in [3.63, 3.8) is 0 Å². The van der Waals surface area contributed by atoms with Crippen molar-refractivity contribution >= 4 is 119 Å². The van der Waals surface area contributed by atoms with E-state index >= 15 is 0 Å². The minimum Gasteiger partial charge on any atom is -0.449 e. The molecule has 2 amide bonds. The lowest BCUT2D eigenvalue weighted by molar-refractivity contribution is -0.210. The molecule has 0 rings (SSSR count). The van der Waals surface area contributed by atoms with Gasteiger partial charge in [0.1, 0.15) is 25.1 Å². The number of carbonyl (C=O) groups is 2. The minimum atomic E-state index is -0.472. The summed E-state index contributed by atoms with van der Waals surface area (Å²) in [6, 6.07) is 0. The molecule has 264 valence electrons. The van der Waals surface area contributed by atoms with E-state index in [0.29, 0.717) is 39.4 Å². The van der Waals surface area contributed by atoms with Gasteiger partial charge in [0.15, 0.2) is 0 Å². The SMILES string of the molecule is O=C(NCCSCSCCN=COOCSCO)OCCSCSCCOOC=NCCSCSCCNC(=O)OCSCO. The number of aliphatic hydroxyl groups is 2. The molecule has 0 radical (unpaired) electrons. The number of nitrogens with one attached hydrogen (secondary N) is 2. The number of thioether (sulfide) groups is 8. The Bertz CT molecular complexity index is 727. The van der Waals surface area contributed by atoms with E-state index in [0.717, 1.165) is 61.5 Å². The fraction of sp³-hybridized carbons (Fsp3) is 0.826. The van der Waals surface area contributed by atoms with Crippen molar-refractivity contribution in [1.29, 1.82) is 0 Å². The molecule has 0 aromatic rings. The Labute approximate surface area is 299 Å². The van der Waals surface area contributed by atoms with E-state index < -0.39 is 12.2 Å². The highest BCUT2D eigenvalue weighted by atomic mass is 32.2. The molecule has 0 fully saturated rings. The first-order valence-electron chi connectivity index (χ1n) is 13.4. The van der Waals surface area contributed by atoms with Gasteiger partial charge in [0.05, 0.1) is 25.0 Å². The third kappa shape index (κ3) is 40.2. The topological polar surface area (TPSA) is 179 Å². The quantitative estimate of drug-likeness (QED) is 0.0184. The summed E-state index contributed by atoms with van der Waals surface area (Å²) in [4.78, 5) is 50.6. The molecule has 45 heavy (non-hydrogen) atoms. The van der Waals surface area contributed by atoms with Crippen LogP contribution in [0.5, 0.6) is 0 Å². The number of aliphatic hydroxyl groups excluding tert-OH is 2. The summed E-state index contributed by atoms with van der Waals surface area (Å²) in [6.07, 6.45) is 1.70. The van der Waals surface area contributed by atoms with Crippen LogP contribution in [-0.4, -0.2) is 148 Å². The monoisotopic (exact) mass is 792 g/mol. The van der Waals surface area contributed by atoms with Crippen molar-refractivity contribution in [2.75, 3.05) is 113 Å². The van der Waals surface area contributed by atoms with Gasteiger partial charge in [0.2, 0.25) is 12.8 Å². The van der Waals surface area contributed by atoms with E-state index in [2.05, 4.69) is 20.6 Å². The van der Waals surface area contributed by atoms with Crippen LogP contribution in [0.15, 0.2) is 9.98 Å². The molecule has 4 N–H and O–H groups in total. The highest BCUT2D eigenvalue weighted by molar-refractivity contribution is 8.16. The molecule has 0 atom stereocenters. The molecule has 0 spiro atoms. The molecule has 0 unspecified atom stereocenters. The number of alkyl carbamates (subject to hydrolysis) is 2. The zero-order chi connectivity index (χ0) is 32.7. The maximum absolute atomic E-state index is 11.7. The van der Waals surface area contributed by atoms with E-state index in [9.17, 15) is 9.59 Å². The van der Waals surface area contributed by atoms with Gasteiger partial charge >= 0.3 is 12.2 Å². The fourth-order valence-electron chi connectivity index (χ4n) is 2.11. The van der Waals surface area contributed by atoms with Gasteiger partial charge in [0, 0.05) is 62.9 Å². The van der Waals surface area contributed by atoms with Gasteiger partial charge in [-0.3, -0.25) is 9.98 Å². The van der Waals surface area contributed by atoms with Gasteiger partial charge in [-0.15, -0.1) is 82.3 Å². The van der Waals surface area contributed by atoms with Crippen LogP contribution >= 0.6 is 94.1 Å². The molecule has 14 nitrogen and oxygen atoms in total. The second-order valence-corrected chi connectivity index (χ2v) is 16.8. The zero-order valence-electron chi connectivity index (χ0n) is 24.9. The molecule has 0 aliphatic heterocycles. The standard InChI is InChI=1S/C23H44N4O10S8/c28-15-44-17-33-23(31)27-4-10-41-20-38-7-1-24-13-35-34-6-12-43-21-42-11-5-32-22(30)26-3-9-40-19-39-8-2-25-14-36-37-18-45-16-29/h13-14,28-29H,1-12,15-21H2,(H,26,30)(H,27,31). The van der Waals surface area contributed by atoms with Crippen LogP contribution in [0.1, 0.15) is 0 Å². The van der Waals surface area contributed by atoms with Crippen LogP contribution in [0.4, 0.5) is 9.59 Å². The summed E-state index contributed by atoms with van der Waals surface area (Å²) in [7, 11) is 0. The van der Waals surface area contributed by atoms with Gasteiger partial charge in [-0.05, 0) is 0 Å². The highest BCUT2D eigenvalue weighted by Gasteiger charge is 2.02. The summed E-state index contributed by atoms with van der Waals surface area (Å²) in [5.74, 6) is 5.13. The van der Waals surface area contributed by atoms with Crippen molar-refractivity contribution in [2.24, 2.45) is 9.98 Å². The molecular formula is C23H44N4O10S8.